The molecular formula is C26H38N2O4+2. The van der Waals surface area contributed by atoms with Crippen LogP contribution in [0.1, 0.15) is 77.0 Å². The molecule has 0 unspecified atom stereocenters. The van der Waals surface area contributed by atoms with E-state index < -0.39 is 11.9 Å². The predicted octanol–water partition coefficient (Wildman–Crippen LogP) is 4.78. The summed E-state index contributed by atoms with van der Waals surface area (Å²) < 4.78 is 4.42. The fraction of sp³-hybridized carbons (Fsp3) is 0.538. The van der Waals surface area contributed by atoms with Gasteiger partial charge in [-0.2, -0.15) is 0 Å². The molecule has 0 atom stereocenters. The Bertz CT molecular complexity index is 734. The lowest BCUT2D eigenvalue weighted by Crippen LogP contribution is -2.33. The minimum absolute atomic E-state index is 0.284. The largest absolute Gasteiger partial charge is 0.481 e. The van der Waals surface area contributed by atoms with Crippen LogP contribution >= 0.6 is 0 Å². The van der Waals surface area contributed by atoms with E-state index in [1.54, 1.807) is 0 Å². The molecule has 2 aromatic heterocycles. The number of aryl methyl sites for hydroxylation is 2. The number of hydrogen-bond acceptors (Lipinski definition) is 2. The molecule has 2 rings (SSSR count). The van der Waals surface area contributed by atoms with Gasteiger partial charge in [-0.25, -0.2) is 9.13 Å². The topological polar surface area (TPSA) is 82.4 Å². The van der Waals surface area contributed by atoms with Gasteiger partial charge >= 0.3 is 11.9 Å². The van der Waals surface area contributed by atoms with E-state index >= 15 is 0 Å². The second kappa shape index (κ2) is 15.1. The fourth-order valence-corrected chi connectivity index (χ4v) is 3.80. The van der Waals surface area contributed by atoms with Gasteiger partial charge in [0.2, 0.25) is 0 Å². The van der Waals surface area contributed by atoms with Crippen LogP contribution in [0.3, 0.4) is 0 Å². The Morgan fingerprint density at radius 2 is 0.844 bits per heavy atom. The van der Waals surface area contributed by atoms with Gasteiger partial charge in [-0.1, -0.05) is 25.7 Å². The minimum Gasteiger partial charge on any atom is -0.481 e. The first-order valence-electron chi connectivity index (χ1n) is 12.0. The Morgan fingerprint density at radius 1 is 0.531 bits per heavy atom. The third-order valence-electron chi connectivity index (χ3n) is 5.73. The van der Waals surface area contributed by atoms with Crippen molar-refractivity contribution >= 4 is 11.9 Å². The SMILES string of the molecule is O=C(O)CCCCCCC[n+]1ccc(-c2cc[n+](CCCCCCCC(=O)O)cc2)cc1. The Labute approximate surface area is 191 Å². The van der Waals surface area contributed by atoms with Gasteiger partial charge in [-0.05, 0) is 36.8 Å². The lowest BCUT2D eigenvalue weighted by molar-refractivity contribution is -0.697. The average molecular weight is 443 g/mol. The van der Waals surface area contributed by atoms with E-state index in [0.29, 0.717) is 0 Å². The molecule has 2 heterocycles. The monoisotopic (exact) mass is 442 g/mol. The molecular weight excluding hydrogens is 404 g/mol. The summed E-state index contributed by atoms with van der Waals surface area (Å²) in [6.45, 7) is 1.98. The van der Waals surface area contributed by atoms with Crippen LogP contribution in [0.15, 0.2) is 49.1 Å². The van der Waals surface area contributed by atoms with Gasteiger partial charge in [-0.15, -0.1) is 0 Å². The maximum Gasteiger partial charge on any atom is 0.303 e. The molecule has 0 bridgehead atoms. The molecule has 0 saturated carbocycles. The number of nitrogens with zero attached hydrogens (tertiary/aromatic N) is 2. The average Bonchev–Trinajstić information content (AvgIpc) is 2.78. The first-order chi connectivity index (χ1) is 15.5. The fourth-order valence-electron chi connectivity index (χ4n) is 3.80. The molecule has 0 aromatic carbocycles. The number of hydrogen-bond donors (Lipinski definition) is 2. The molecule has 0 saturated heterocycles. The summed E-state index contributed by atoms with van der Waals surface area (Å²) in [4.78, 5) is 21.0. The van der Waals surface area contributed by atoms with Crippen molar-refractivity contribution in [1.29, 1.82) is 0 Å². The van der Waals surface area contributed by atoms with Crippen LogP contribution in [-0.4, -0.2) is 22.2 Å². The number of aliphatic carboxylic acids is 2. The first kappa shape index (κ1) is 25.5. The quantitative estimate of drug-likeness (QED) is 0.273. The smallest absolute Gasteiger partial charge is 0.303 e. The summed E-state index contributed by atoms with van der Waals surface area (Å²) in [5.41, 5.74) is 2.42. The summed E-state index contributed by atoms with van der Waals surface area (Å²) in [5, 5.41) is 17.3. The van der Waals surface area contributed by atoms with Crippen molar-refractivity contribution in [3.05, 3.63) is 49.1 Å². The second-order valence-electron chi connectivity index (χ2n) is 8.47. The zero-order chi connectivity index (χ0) is 23.0. The zero-order valence-electron chi connectivity index (χ0n) is 19.1. The number of carboxylic acids is 2. The third kappa shape index (κ3) is 11.0. The molecule has 0 spiro atoms. The highest BCUT2D eigenvalue weighted by atomic mass is 16.4. The van der Waals surface area contributed by atoms with E-state index in [1.165, 1.54) is 11.1 Å². The highest BCUT2D eigenvalue weighted by molar-refractivity contribution is 5.66. The van der Waals surface area contributed by atoms with Crippen LogP contribution < -0.4 is 9.13 Å². The van der Waals surface area contributed by atoms with Gasteiger partial charge in [0.15, 0.2) is 24.8 Å². The van der Waals surface area contributed by atoms with Gasteiger partial charge in [0, 0.05) is 49.9 Å². The number of aromatic nitrogens is 2. The van der Waals surface area contributed by atoms with Crippen LogP contribution in [0.2, 0.25) is 0 Å². The van der Waals surface area contributed by atoms with Crippen LogP contribution in [0, 0.1) is 0 Å². The number of rotatable bonds is 17. The van der Waals surface area contributed by atoms with Gasteiger partial charge < -0.3 is 10.2 Å². The minimum atomic E-state index is -0.699. The number of unbranched alkanes of at least 4 members (excludes halogenated alkanes) is 8. The summed E-state index contributed by atoms with van der Waals surface area (Å²) in [6.07, 6.45) is 19.3. The maximum atomic E-state index is 10.5. The van der Waals surface area contributed by atoms with Crippen molar-refractivity contribution in [3.63, 3.8) is 0 Å². The van der Waals surface area contributed by atoms with Gasteiger partial charge in [0.25, 0.3) is 0 Å². The van der Waals surface area contributed by atoms with Crippen LogP contribution in [0.4, 0.5) is 0 Å². The predicted molar refractivity (Wildman–Crippen MR) is 123 cm³/mol. The number of carbonyl (C=O) groups is 2. The van der Waals surface area contributed by atoms with Crippen molar-refractivity contribution in [2.24, 2.45) is 0 Å². The van der Waals surface area contributed by atoms with Crippen molar-refractivity contribution in [3.8, 4) is 11.1 Å². The normalized spacial score (nSPS) is 10.9. The lowest BCUT2D eigenvalue weighted by atomic mass is 10.1. The van der Waals surface area contributed by atoms with E-state index in [0.717, 1.165) is 77.3 Å². The molecule has 2 aromatic rings. The molecule has 6 nitrogen and oxygen atoms in total. The molecule has 0 amide bonds. The lowest BCUT2D eigenvalue weighted by Gasteiger charge is -2.03. The summed E-state index contributed by atoms with van der Waals surface area (Å²) in [7, 11) is 0. The number of pyridine rings is 2. The van der Waals surface area contributed by atoms with Crippen LogP contribution in [0.25, 0.3) is 11.1 Å². The molecule has 0 aliphatic carbocycles. The van der Waals surface area contributed by atoms with Crippen molar-refractivity contribution < 1.29 is 28.9 Å². The zero-order valence-corrected chi connectivity index (χ0v) is 19.1. The van der Waals surface area contributed by atoms with Crippen LogP contribution in [-0.2, 0) is 22.7 Å². The molecule has 0 fully saturated rings. The summed E-state index contributed by atoms with van der Waals surface area (Å²) in [6, 6.07) is 8.63. The van der Waals surface area contributed by atoms with E-state index in [1.807, 2.05) is 0 Å². The van der Waals surface area contributed by atoms with E-state index in [2.05, 4.69) is 58.2 Å². The third-order valence-corrected chi connectivity index (χ3v) is 5.73. The Balaban J connectivity index is 1.64. The first-order valence-corrected chi connectivity index (χ1v) is 12.0. The number of carboxylic acid groups (broad SMARTS) is 2. The molecule has 32 heavy (non-hydrogen) atoms. The van der Waals surface area contributed by atoms with E-state index in [4.69, 9.17) is 10.2 Å². The molecule has 0 radical (unpaired) electrons. The van der Waals surface area contributed by atoms with E-state index in [-0.39, 0.29) is 12.8 Å². The van der Waals surface area contributed by atoms with Gasteiger partial charge in [0.1, 0.15) is 13.1 Å². The highest BCUT2D eigenvalue weighted by Crippen LogP contribution is 2.16. The summed E-state index contributed by atoms with van der Waals surface area (Å²) in [5.74, 6) is -1.40. The molecule has 174 valence electrons. The van der Waals surface area contributed by atoms with Crippen LogP contribution in [0.5, 0.6) is 0 Å². The van der Waals surface area contributed by atoms with Crippen molar-refractivity contribution in [2.45, 2.75) is 90.1 Å². The Hall–Kier alpha value is -2.76. The Morgan fingerprint density at radius 3 is 1.19 bits per heavy atom. The van der Waals surface area contributed by atoms with Crippen molar-refractivity contribution in [1.82, 2.24) is 0 Å². The molecule has 6 heteroatoms. The molecule has 2 N–H and O–H groups in total. The van der Waals surface area contributed by atoms with Gasteiger partial charge in [-0.3, -0.25) is 9.59 Å². The molecule has 0 aliphatic heterocycles. The molecule has 0 aliphatic rings. The van der Waals surface area contributed by atoms with Gasteiger partial charge in [0.05, 0.1) is 0 Å². The van der Waals surface area contributed by atoms with Crippen molar-refractivity contribution in [2.75, 3.05) is 0 Å². The highest BCUT2D eigenvalue weighted by Gasteiger charge is 2.06. The second-order valence-corrected chi connectivity index (χ2v) is 8.47. The maximum absolute atomic E-state index is 10.5. The summed E-state index contributed by atoms with van der Waals surface area (Å²) >= 11 is 0. The Kier molecular flexibility index (Phi) is 12.0. The van der Waals surface area contributed by atoms with E-state index in [9.17, 15) is 9.59 Å². The standard InChI is InChI=1S/C26H36N2O4/c29-25(30)11-7-3-1-5-9-17-27-19-13-23(14-20-27)24-15-21-28(22-16-24)18-10-6-2-4-8-12-26(31)32/h13-16,19-22H,1-12,17-18H2/p+2.